The molecule has 0 fully saturated rings. The second-order valence-corrected chi connectivity index (χ2v) is 6.18. The number of benzene rings is 2. The summed E-state index contributed by atoms with van der Waals surface area (Å²) in [6, 6.07) is 18.4. The van der Waals surface area contributed by atoms with E-state index in [1.807, 2.05) is 55.6 Å². The minimum absolute atomic E-state index is 0.0377. The fraction of sp³-hybridized carbons (Fsp3) is 0.333. The summed E-state index contributed by atoms with van der Waals surface area (Å²) in [5, 5.41) is 3.01. The van der Waals surface area contributed by atoms with Crippen molar-refractivity contribution in [1.29, 1.82) is 0 Å². The van der Waals surface area contributed by atoms with Gasteiger partial charge in [-0.1, -0.05) is 61.9 Å². The molecule has 0 saturated carbocycles. The maximum atomic E-state index is 12.5. The molecule has 0 aliphatic carbocycles. The lowest BCUT2D eigenvalue weighted by molar-refractivity contribution is -0.130. The number of amides is 2. The van der Waals surface area contributed by atoms with Crippen LogP contribution in [0.25, 0.3) is 0 Å². The van der Waals surface area contributed by atoms with Gasteiger partial charge in [0.05, 0.1) is 12.5 Å². The molecule has 2 rings (SSSR count). The van der Waals surface area contributed by atoms with Crippen LogP contribution in [-0.2, 0) is 4.79 Å². The van der Waals surface area contributed by atoms with Crippen LogP contribution in [0.4, 0.5) is 0 Å². The smallest absolute Gasteiger partial charge is 0.251 e. The molecule has 0 bridgehead atoms. The monoisotopic (exact) mass is 338 g/mol. The highest BCUT2D eigenvalue weighted by Crippen LogP contribution is 2.18. The molecule has 0 saturated heterocycles. The molecule has 4 nitrogen and oxygen atoms in total. The van der Waals surface area contributed by atoms with Crippen LogP contribution >= 0.6 is 0 Å². The lowest BCUT2D eigenvalue weighted by atomic mass is 10.0. The van der Waals surface area contributed by atoms with Crippen molar-refractivity contribution in [3.63, 3.8) is 0 Å². The van der Waals surface area contributed by atoms with Crippen LogP contribution in [-0.4, -0.2) is 30.3 Å². The van der Waals surface area contributed by atoms with Gasteiger partial charge < -0.3 is 10.2 Å². The van der Waals surface area contributed by atoms with Crippen molar-refractivity contribution in [3.05, 3.63) is 71.8 Å². The molecule has 0 spiro atoms. The highest BCUT2D eigenvalue weighted by atomic mass is 16.2. The van der Waals surface area contributed by atoms with Gasteiger partial charge in [-0.2, -0.15) is 0 Å². The number of carbonyl (C=O) groups is 2. The summed E-state index contributed by atoms with van der Waals surface area (Å²) in [6.07, 6.45) is 2.28. The quantitative estimate of drug-likeness (QED) is 0.796. The van der Waals surface area contributed by atoms with Gasteiger partial charge in [0.25, 0.3) is 5.91 Å². The molecule has 2 amide bonds. The van der Waals surface area contributed by atoms with Gasteiger partial charge in [0.15, 0.2) is 0 Å². The first kappa shape index (κ1) is 18.7. The minimum atomic E-state index is -0.342. The average molecular weight is 338 g/mol. The number of carbonyl (C=O) groups excluding carboxylic acids is 2. The maximum absolute atomic E-state index is 12.5. The molecule has 2 aromatic rings. The molecule has 1 atom stereocenters. The highest BCUT2D eigenvalue weighted by molar-refractivity contribution is 5.94. The summed E-state index contributed by atoms with van der Waals surface area (Å²) in [4.78, 5) is 26.8. The summed E-state index contributed by atoms with van der Waals surface area (Å²) >= 11 is 0. The summed E-state index contributed by atoms with van der Waals surface area (Å²) in [5.74, 6) is -0.130. The standard InChI is InChI=1S/C21H26N2O2/c1-3-4-15-23(2)20(24)16-19(17-11-7-5-8-12-17)22-21(25)18-13-9-6-10-14-18/h5-14,19H,3-4,15-16H2,1-2H3,(H,22,25). The molecule has 0 radical (unpaired) electrons. The zero-order chi connectivity index (χ0) is 18.1. The fourth-order valence-electron chi connectivity index (χ4n) is 2.62. The Morgan fingerprint density at radius 1 is 1.00 bits per heavy atom. The van der Waals surface area contributed by atoms with Gasteiger partial charge in [0.2, 0.25) is 5.91 Å². The van der Waals surface area contributed by atoms with E-state index in [0.717, 1.165) is 24.9 Å². The van der Waals surface area contributed by atoms with E-state index in [1.165, 1.54) is 0 Å². The Labute approximate surface area is 149 Å². The largest absolute Gasteiger partial charge is 0.346 e. The van der Waals surface area contributed by atoms with Crippen molar-refractivity contribution >= 4 is 11.8 Å². The summed E-state index contributed by atoms with van der Waals surface area (Å²) in [5.41, 5.74) is 1.53. The van der Waals surface area contributed by atoms with Crippen molar-refractivity contribution in [3.8, 4) is 0 Å². The molecule has 2 aromatic carbocycles. The zero-order valence-corrected chi connectivity index (χ0v) is 14.9. The normalized spacial score (nSPS) is 11.6. The van der Waals surface area contributed by atoms with Gasteiger partial charge in [-0.25, -0.2) is 0 Å². The fourth-order valence-corrected chi connectivity index (χ4v) is 2.62. The number of rotatable bonds is 8. The van der Waals surface area contributed by atoms with Gasteiger partial charge in [0, 0.05) is 19.2 Å². The van der Waals surface area contributed by atoms with Crippen LogP contribution in [0.15, 0.2) is 60.7 Å². The molecule has 25 heavy (non-hydrogen) atoms. The van der Waals surface area contributed by atoms with Crippen molar-refractivity contribution in [2.75, 3.05) is 13.6 Å². The molecular weight excluding hydrogens is 312 g/mol. The van der Waals surface area contributed by atoms with Gasteiger partial charge in [-0.15, -0.1) is 0 Å². The number of nitrogens with zero attached hydrogens (tertiary/aromatic N) is 1. The van der Waals surface area contributed by atoms with E-state index < -0.39 is 0 Å². The first-order valence-corrected chi connectivity index (χ1v) is 8.76. The molecule has 1 N–H and O–H groups in total. The van der Waals surface area contributed by atoms with Gasteiger partial charge >= 0.3 is 0 Å². The van der Waals surface area contributed by atoms with Crippen molar-refractivity contribution in [1.82, 2.24) is 10.2 Å². The van der Waals surface area contributed by atoms with Crippen LogP contribution in [0.2, 0.25) is 0 Å². The predicted molar refractivity (Wildman–Crippen MR) is 100 cm³/mol. The van der Waals surface area contributed by atoms with Crippen molar-refractivity contribution in [2.24, 2.45) is 0 Å². The average Bonchev–Trinajstić information content (AvgIpc) is 2.66. The van der Waals surface area contributed by atoms with E-state index in [1.54, 1.807) is 17.0 Å². The van der Waals surface area contributed by atoms with Crippen LogP contribution in [0, 0.1) is 0 Å². The van der Waals surface area contributed by atoms with E-state index in [4.69, 9.17) is 0 Å². The Morgan fingerprint density at radius 3 is 2.20 bits per heavy atom. The zero-order valence-electron chi connectivity index (χ0n) is 14.9. The lowest BCUT2D eigenvalue weighted by Gasteiger charge is -2.23. The third-order valence-corrected chi connectivity index (χ3v) is 4.19. The SMILES string of the molecule is CCCCN(C)C(=O)CC(NC(=O)c1ccccc1)c1ccccc1. The summed E-state index contributed by atoms with van der Waals surface area (Å²) < 4.78 is 0. The molecule has 1 unspecified atom stereocenters. The highest BCUT2D eigenvalue weighted by Gasteiger charge is 2.21. The van der Waals surface area contributed by atoms with Crippen molar-refractivity contribution in [2.45, 2.75) is 32.2 Å². The molecule has 132 valence electrons. The van der Waals surface area contributed by atoms with E-state index in [2.05, 4.69) is 12.2 Å². The van der Waals surface area contributed by atoms with Gasteiger partial charge in [-0.3, -0.25) is 9.59 Å². The minimum Gasteiger partial charge on any atom is -0.346 e. The number of unbranched alkanes of at least 4 members (excludes halogenated alkanes) is 1. The number of hydrogen-bond donors (Lipinski definition) is 1. The molecule has 0 aromatic heterocycles. The van der Waals surface area contributed by atoms with E-state index in [9.17, 15) is 9.59 Å². The molecule has 0 heterocycles. The van der Waals surface area contributed by atoms with Crippen LogP contribution in [0.1, 0.15) is 48.1 Å². The predicted octanol–water partition coefficient (Wildman–Crippen LogP) is 3.81. The first-order valence-electron chi connectivity index (χ1n) is 8.76. The topological polar surface area (TPSA) is 49.4 Å². The Bertz CT molecular complexity index is 671. The number of hydrogen-bond acceptors (Lipinski definition) is 2. The number of nitrogens with one attached hydrogen (secondary N) is 1. The maximum Gasteiger partial charge on any atom is 0.251 e. The van der Waals surface area contributed by atoms with Gasteiger partial charge in [-0.05, 0) is 24.1 Å². The van der Waals surface area contributed by atoms with E-state index in [0.29, 0.717) is 5.56 Å². The van der Waals surface area contributed by atoms with Gasteiger partial charge in [0.1, 0.15) is 0 Å². The molecule has 4 heteroatoms. The van der Waals surface area contributed by atoms with Crippen molar-refractivity contribution < 1.29 is 9.59 Å². The third-order valence-electron chi connectivity index (χ3n) is 4.19. The van der Waals surface area contributed by atoms with Crippen LogP contribution in [0.5, 0.6) is 0 Å². The Morgan fingerprint density at radius 2 is 1.60 bits per heavy atom. The molecule has 0 aliphatic rings. The third kappa shape index (κ3) is 5.75. The summed E-state index contributed by atoms with van der Waals surface area (Å²) in [6.45, 7) is 2.84. The second kappa shape index (κ2) is 9.62. The second-order valence-electron chi connectivity index (χ2n) is 6.18. The summed E-state index contributed by atoms with van der Waals surface area (Å²) in [7, 11) is 1.82. The lowest BCUT2D eigenvalue weighted by Crippen LogP contribution is -2.35. The van der Waals surface area contributed by atoms with E-state index in [-0.39, 0.29) is 24.3 Å². The first-order chi connectivity index (χ1) is 12.1. The van der Waals surface area contributed by atoms with Crippen LogP contribution in [0.3, 0.4) is 0 Å². The Hall–Kier alpha value is -2.62. The van der Waals surface area contributed by atoms with Crippen LogP contribution < -0.4 is 5.32 Å². The Balaban J connectivity index is 2.11. The molecule has 0 aliphatic heterocycles. The van der Waals surface area contributed by atoms with E-state index >= 15 is 0 Å². The molecular formula is C21H26N2O2. The Kier molecular flexibility index (Phi) is 7.20.